The van der Waals surface area contributed by atoms with Crippen molar-refractivity contribution in [3.05, 3.63) is 0 Å². The molecule has 4 atom stereocenters. The second kappa shape index (κ2) is 4.17. The van der Waals surface area contributed by atoms with Crippen LogP contribution in [0.3, 0.4) is 0 Å². The van der Waals surface area contributed by atoms with Gasteiger partial charge < -0.3 is 5.11 Å². The fraction of sp³-hybridized carbons (Fsp3) is 1.00. The predicted molar refractivity (Wildman–Crippen MR) is 63.1 cm³/mol. The third-order valence-electron chi connectivity index (χ3n) is 4.72. The van der Waals surface area contributed by atoms with E-state index in [2.05, 4.69) is 13.8 Å². The molecule has 2 nitrogen and oxygen atoms in total. The van der Waals surface area contributed by atoms with Crippen molar-refractivity contribution >= 4 is 10.8 Å². The lowest BCUT2D eigenvalue weighted by molar-refractivity contribution is -0.0975. The molecule has 0 heterocycles. The lowest BCUT2D eigenvalue weighted by Crippen LogP contribution is -2.53. The van der Waals surface area contributed by atoms with Gasteiger partial charge in [0.25, 0.3) is 0 Å². The minimum Gasteiger partial charge on any atom is -0.395 e. The molecule has 0 radical (unpaired) electrons. The van der Waals surface area contributed by atoms with E-state index < -0.39 is 10.8 Å². The number of hydrogen-bond acceptors (Lipinski definition) is 2. The minimum atomic E-state index is -0.797. The first-order valence-corrected chi connectivity index (χ1v) is 7.50. The van der Waals surface area contributed by atoms with E-state index in [1.807, 2.05) is 0 Å². The zero-order valence-corrected chi connectivity index (χ0v) is 10.6. The van der Waals surface area contributed by atoms with Crippen LogP contribution in [0, 0.1) is 23.2 Å². The summed E-state index contributed by atoms with van der Waals surface area (Å²) >= 11 is 0. The summed E-state index contributed by atoms with van der Waals surface area (Å²) in [7, 11) is -0.797. The van der Waals surface area contributed by atoms with Crippen LogP contribution in [0.5, 0.6) is 0 Å². The Balaban J connectivity index is 1.91. The molecule has 0 aliphatic heterocycles. The molecule has 15 heavy (non-hydrogen) atoms. The van der Waals surface area contributed by atoms with Crippen LogP contribution < -0.4 is 0 Å². The van der Waals surface area contributed by atoms with E-state index in [0.717, 1.165) is 17.6 Å². The van der Waals surface area contributed by atoms with Crippen molar-refractivity contribution < 1.29 is 9.32 Å². The van der Waals surface area contributed by atoms with Gasteiger partial charge in [-0.15, -0.1) is 0 Å². The topological polar surface area (TPSA) is 37.3 Å². The average Bonchev–Trinajstić information content (AvgIpc) is 2.17. The fourth-order valence-electron chi connectivity index (χ4n) is 3.59. The summed E-state index contributed by atoms with van der Waals surface area (Å²) in [6.45, 7) is 4.80. The average molecular weight is 230 g/mol. The molecule has 3 rings (SSSR count). The van der Waals surface area contributed by atoms with Gasteiger partial charge in [-0.1, -0.05) is 13.8 Å². The van der Waals surface area contributed by atoms with Crippen LogP contribution in [-0.4, -0.2) is 27.4 Å². The van der Waals surface area contributed by atoms with Gasteiger partial charge in [0.05, 0.1) is 6.61 Å². The summed E-state index contributed by atoms with van der Waals surface area (Å²) in [6, 6.07) is 0. The van der Waals surface area contributed by atoms with Gasteiger partial charge in [0.1, 0.15) is 0 Å². The van der Waals surface area contributed by atoms with Crippen molar-refractivity contribution in [2.24, 2.45) is 23.2 Å². The molecule has 0 aromatic rings. The molecule has 0 unspecified atom stereocenters. The maximum Gasteiger partial charge on any atom is 0.0546 e. The van der Waals surface area contributed by atoms with E-state index >= 15 is 0 Å². The predicted octanol–water partition coefficient (Wildman–Crippen LogP) is 1.80. The Morgan fingerprint density at radius 1 is 1.40 bits per heavy atom. The van der Waals surface area contributed by atoms with Gasteiger partial charge >= 0.3 is 0 Å². The highest BCUT2D eigenvalue weighted by atomic mass is 32.2. The molecule has 3 saturated carbocycles. The molecule has 88 valence electrons. The lowest BCUT2D eigenvalue weighted by Gasteiger charge is -2.60. The molecule has 3 fully saturated rings. The molecule has 1 N–H and O–H groups in total. The summed E-state index contributed by atoms with van der Waals surface area (Å²) in [5.41, 5.74) is 0.492. The summed E-state index contributed by atoms with van der Waals surface area (Å²) in [5, 5.41) is 8.75. The van der Waals surface area contributed by atoms with Gasteiger partial charge in [-0.05, 0) is 42.4 Å². The van der Waals surface area contributed by atoms with Gasteiger partial charge in [0, 0.05) is 22.3 Å². The SMILES string of the molecule is CC1(C)[C@H]2CC[C@@H](C[S@](=O)CCO)[C@@H]1C2. The molecule has 0 aromatic carbocycles. The Morgan fingerprint density at radius 3 is 2.67 bits per heavy atom. The van der Waals surface area contributed by atoms with E-state index in [1.54, 1.807) is 0 Å². The zero-order chi connectivity index (χ0) is 11.1. The van der Waals surface area contributed by atoms with E-state index in [1.165, 1.54) is 19.3 Å². The highest BCUT2D eigenvalue weighted by molar-refractivity contribution is 7.85. The first-order chi connectivity index (χ1) is 7.05. The monoisotopic (exact) mass is 230 g/mol. The van der Waals surface area contributed by atoms with Crippen LogP contribution in [0.1, 0.15) is 33.1 Å². The Bertz CT molecular complexity index is 260. The van der Waals surface area contributed by atoms with E-state index in [9.17, 15) is 4.21 Å². The Hall–Kier alpha value is 0.110. The van der Waals surface area contributed by atoms with Crippen molar-refractivity contribution in [1.29, 1.82) is 0 Å². The smallest absolute Gasteiger partial charge is 0.0546 e. The van der Waals surface area contributed by atoms with Gasteiger partial charge in [-0.2, -0.15) is 0 Å². The zero-order valence-electron chi connectivity index (χ0n) is 9.74. The summed E-state index contributed by atoms with van der Waals surface area (Å²) in [5.74, 6) is 3.65. The third kappa shape index (κ3) is 2.01. The second-order valence-electron chi connectivity index (χ2n) is 5.73. The largest absolute Gasteiger partial charge is 0.395 e. The lowest BCUT2D eigenvalue weighted by atomic mass is 9.46. The fourth-order valence-corrected chi connectivity index (χ4v) is 4.83. The summed E-state index contributed by atoms with van der Waals surface area (Å²) < 4.78 is 11.6. The molecule has 0 amide bonds. The quantitative estimate of drug-likeness (QED) is 0.799. The number of aliphatic hydroxyl groups is 1. The van der Waals surface area contributed by atoms with Crippen LogP contribution in [-0.2, 0) is 10.8 Å². The molecule has 3 aliphatic rings. The third-order valence-corrected chi connectivity index (χ3v) is 6.16. The first-order valence-electron chi connectivity index (χ1n) is 6.01. The van der Waals surface area contributed by atoms with E-state index in [0.29, 0.717) is 17.1 Å². The van der Waals surface area contributed by atoms with E-state index in [4.69, 9.17) is 5.11 Å². The summed E-state index contributed by atoms with van der Waals surface area (Å²) in [4.78, 5) is 0. The molecule has 3 aliphatic carbocycles. The van der Waals surface area contributed by atoms with Gasteiger partial charge in [-0.25, -0.2) is 0 Å². The molecule has 2 bridgehead atoms. The molecule has 0 saturated heterocycles. The number of fused-ring (bicyclic) bond motifs is 2. The molecular formula is C12H22O2S. The van der Waals surface area contributed by atoms with E-state index in [-0.39, 0.29) is 6.61 Å². The van der Waals surface area contributed by atoms with Gasteiger partial charge in [0.15, 0.2) is 0 Å². The number of aliphatic hydroxyl groups excluding tert-OH is 1. The van der Waals surface area contributed by atoms with Crippen LogP contribution in [0.2, 0.25) is 0 Å². The summed E-state index contributed by atoms with van der Waals surface area (Å²) in [6.07, 6.45) is 3.94. The molecule has 0 spiro atoms. The Kier molecular flexibility index (Phi) is 3.22. The van der Waals surface area contributed by atoms with Crippen molar-refractivity contribution in [2.75, 3.05) is 18.1 Å². The first kappa shape index (κ1) is 11.6. The van der Waals surface area contributed by atoms with Gasteiger partial charge in [0.2, 0.25) is 0 Å². The van der Waals surface area contributed by atoms with Crippen LogP contribution in [0.25, 0.3) is 0 Å². The van der Waals surface area contributed by atoms with Crippen molar-refractivity contribution in [2.45, 2.75) is 33.1 Å². The number of hydrogen-bond donors (Lipinski definition) is 1. The van der Waals surface area contributed by atoms with Crippen LogP contribution in [0.4, 0.5) is 0 Å². The Labute approximate surface area is 94.9 Å². The van der Waals surface area contributed by atoms with Crippen molar-refractivity contribution in [3.63, 3.8) is 0 Å². The van der Waals surface area contributed by atoms with Crippen molar-refractivity contribution in [3.8, 4) is 0 Å². The Morgan fingerprint density at radius 2 is 2.13 bits per heavy atom. The highest BCUT2D eigenvalue weighted by Crippen LogP contribution is 2.61. The molecular weight excluding hydrogens is 208 g/mol. The number of rotatable bonds is 4. The van der Waals surface area contributed by atoms with Crippen LogP contribution >= 0.6 is 0 Å². The highest BCUT2D eigenvalue weighted by Gasteiger charge is 2.54. The standard InChI is InChI=1S/C12H22O2S/c1-12(2)10-4-3-9(11(12)7-10)8-15(14)6-5-13/h9-11,13H,3-8H2,1-2H3/t9-,10-,11-,15+/m0/s1. The molecule has 0 aromatic heterocycles. The maximum atomic E-state index is 11.6. The minimum absolute atomic E-state index is 0.0655. The molecule has 3 heteroatoms. The van der Waals surface area contributed by atoms with Gasteiger partial charge in [-0.3, -0.25) is 4.21 Å². The normalized spacial score (nSPS) is 39.5. The maximum absolute atomic E-state index is 11.6. The van der Waals surface area contributed by atoms with Crippen molar-refractivity contribution in [1.82, 2.24) is 0 Å². The second-order valence-corrected chi connectivity index (χ2v) is 7.35. The van der Waals surface area contributed by atoms with Crippen LogP contribution in [0.15, 0.2) is 0 Å².